The molecule has 0 aliphatic heterocycles. The van der Waals surface area contributed by atoms with Gasteiger partial charge in [-0.25, -0.2) is 0 Å². The smallest absolute Gasteiger partial charge is 0.250 e. The van der Waals surface area contributed by atoms with Crippen LogP contribution in [0, 0.1) is 0 Å². The molecule has 7 heavy (non-hydrogen) atoms. The van der Waals surface area contributed by atoms with Crippen LogP contribution in [-0.4, -0.2) is 13.9 Å². The fourth-order valence-electron chi connectivity index (χ4n) is 0.0532. The van der Waals surface area contributed by atoms with E-state index >= 15 is 0 Å². The van der Waals surface area contributed by atoms with Gasteiger partial charge in [-0.1, -0.05) is 15.9 Å². The number of hydrogen-bond donors (Lipinski definition) is 0. The van der Waals surface area contributed by atoms with Gasteiger partial charge in [0.05, 0.1) is 14.8 Å². The van der Waals surface area contributed by atoms with E-state index in [9.17, 15) is 8.42 Å². The van der Waals surface area contributed by atoms with Crippen LogP contribution in [0.2, 0.25) is 0 Å². The average molecular weight is 254 g/mol. The maximum absolute atomic E-state index is 9.90. The molecule has 0 heterocycles. The lowest BCUT2D eigenvalue weighted by atomic mass is 11.8. The summed E-state index contributed by atoms with van der Waals surface area (Å²) in [6, 6.07) is 0. The summed E-state index contributed by atoms with van der Waals surface area (Å²) in [5, 5.41) is 0. The molecule has 0 saturated heterocycles. The summed E-state index contributed by atoms with van der Waals surface area (Å²) in [7, 11) is -3.41. The maximum Gasteiger partial charge on any atom is 0.329 e. The lowest BCUT2D eigenvalue weighted by Gasteiger charge is -1.86. The molecule has 0 amide bonds. The SMILES string of the molecule is O=S(=O)(Br)OCBr. The Morgan fingerprint density at radius 3 is 2.00 bits per heavy atom. The zero-order valence-corrected chi connectivity index (χ0v) is 7.08. The number of alkyl halides is 1. The molecule has 0 aromatic carbocycles. The Bertz CT molecular complexity index is 126. The van der Waals surface area contributed by atoms with Crippen LogP contribution in [0.1, 0.15) is 0 Å². The minimum Gasteiger partial charge on any atom is -0.250 e. The first-order valence-corrected chi connectivity index (χ1v) is 5.58. The van der Waals surface area contributed by atoms with E-state index in [0.29, 0.717) is 0 Å². The standard InChI is InChI=1S/CH2Br2O3S/c2-1-6-7(3,4)5/h1H2. The zero-order valence-electron chi connectivity index (χ0n) is 3.10. The van der Waals surface area contributed by atoms with Gasteiger partial charge in [-0.15, -0.1) is 0 Å². The normalized spacial score (nSPS) is 11.7. The highest BCUT2D eigenvalue weighted by atomic mass is 79.9. The van der Waals surface area contributed by atoms with Crippen LogP contribution in [-0.2, 0) is 12.7 Å². The van der Waals surface area contributed by atoms with Gasteiger partial charge in [0.15, 0.2) is 0 Å². The van der Waals surface area contributed by atoms with Crippen molar-refractivity contribution in [3.8, 4) is 0 Å². The largest absolute Gasteiger partial charge is 0.329 e. The van der Waals surface area contributed by atoms with Gasteiger partial charge in [0.25, 0.3) is 0 Å². The van der Waals surface area contributed by atoms with Gasteiger partial charge in [-0.3, -0.25) is 4.18 Å². The van der Waals surface area contributed by atoms with Crippen molar-refractivity contribution in [1.29, 1.82) is 0 Å². The second kappa shape index (κ2) is 3.01. The molecule has 0 fully saturated rings. The Labute approximate surface area is 57.5 Å². The van der Waals surface area contributed by atoms with Crippen LogP contribution in [0.5, 0.6) is 0 Å². The van der Waals surface area contributed by atoms with Crippen molar-refractivity contribution in [2.24, 2.45) is 0 Å². The van der Waals surface area contributed by atoms with Crippen LogP contribution in [0.4, 0.5) is 0 Å². The van der Waals surface area contributed by atoms with E-state index in [2.05, 4.69) is 34.9 Å². The molecule has 0 N–H and O–H groups in total. The van der Waals surface area contributed by atoms with E-state index in [1.807, 2.05) is 0 Å². The quantitative estimate of drug-likeness (QED) is 0.545. The third kappa shape index (κ3) is 6.87. The highest BCUT2D eigenvalue weighted by Gasteiger charge is 1.99. The topological polar surface area (TPSA) is 43.4 Å². The van der Waals surface area contributed by atoms with Gasteiger partial charge in [0.1, 0.15) is 5.52 Å². The van der Waals surface area contributed by atoms with Gasteiger partial charge in [0, 0.05) is 0 Å². The summed E-state index contributed by atoms with van der Waals surface area (Å²) in [4.78, 5) is 0. The first-order chi connectivity index (χ1) is 3.06. The maximum atomic E-state index is 9.90. The summed E-state index contributed by atoms with van der Waals surface area (Å²) in [5.41, 5.74) is -0.0133. The van der Waals surface area contributed by atoms with E-state index in [1.54, 1.807) is 0 Å². The second-order valence-electron chi connectivity index (χ2n) is 0.620. The Morgan fingerprint density at radius 1 is 1.57 bits per heavy atom. The van der Waals surface area contributed by atoms with Crippen LogP contribution in [0.3, 0.4) is 0 Å². The first kappa shape index (κ1) is 7.87. The summed E-state index contributed by atoms with van der Waals surface area (Å²) >= 11 is 5.01. The number of rotatable bonds is 2. The van der Waals surface area contributed by atoms with Crippen LogP contribution < -0.4 is 0 Å². The van der Waals surface area contributed by atoms with Crippen molar-refractivity contribution in [3.05, 3.63) is 0 Å². The number of halogens is 2. The summed E-state index contributed by atoms with van der Waals surface area (Å²) < 4.78 is 23.8. The molecule has 0 unspecified atom stereocenters. The van der Waals surface area contributed by atoms with Gasteiger partial charge < -0.3 is 0 Å². The van der Waals surface area contributed by atoms with E-state index in [0.717, 1.165) is 0 Å². The monoisotopic (exact) mass is 252 g/mol. The summed E-state index contributed by atoms with van der Waals surface area (Å²) in [6.45, 7) is 0. The van der Waals surface area contributed by atoms with Crippen molar-refractivity contribution in [1.82, 2.24) is 0 Å². The summed E-state index contributed by atoms with van der Waals surface area (Å²) in [6.07, 6.45) is 0. The molecule has 0 aliphatic carbocycles. The molecular weight excluding hydrogens is 252 g/mol. The molecule has 0 aromatic rings. The van der Waals surface area contributed by atoms with Gasteiger partial charge in [0.2, 0.25) is 0 Å². The van der Waals surface area contributed by atoms with Crippen molar-refractivity contribution < 1.29 is 12.6 Å². The fourth-order valence-corrected chi connectivity index (χ4v) is 1.93. The molecule has 3 nitrogen and oxygen atoms in total. The molecule has 0 aromatic heterocycles. The molecule has 0 bridgehead atoms. The van der Waals surface area contributed by atoms with E-state index in [-0.39, 0.29) is 5.52 Å². The minimum atomic E-state index is -3.41. The molecule has 6 heteroatoms. The van der Waals surface area contributed by atoms with E-state index in [1.165, 1.54) is 0 Å². The van der Waals surface area contributed by atoms with E-state index < -0.39 is 8.55 Å². The van der Waals surface area contributed by atoms with Gasteiger partial charge >= 0.3 is 8.55 Å². The minimum absolute atomic E-state index is 0.0133. The van der Waals surface area contributed by atoms with Crippen molar-refractivity contribution in [2.75, 3.05) is 5.52 Å². The molecule has 0 aliphatic rings. The highest BCUT2D eigenvalue weighted by Crippen LogP contribution is 2.02. The fraction of sp³-hybridized carbons (Fsp3) is 1.00. The molecule has 44 valence electrons. The molecule has 0 atom stereocenters. The molecule has 0 spiro atoms. The number of hydrogen-bond acceptors (Lipinski definition) is 3. The van der Waals surface area contributed by atoms with Gasteiger partial charge in [-0.2, -0.15) is 8.42 Å². The predicted molar refractivity (Wildman–Crippen MR) is 32.7 cm³/mol. The Kier molecular flexibility index (Phi) is 3.38. The van der Waals surface area contributed by atoms with Crippen LogP contribution >= 0.6 is 30.7 Å². The molecule has 0 radical (unpaired) electrons. The van der Waals surface area contributed by atoms with Crippen molar-refractivity contribution in [3.63, 3.8) is 0 Å². The molecule has 0 rings (SSSR count). The van der Waals surface area contributed by atoms with Crippen LogP contribution in [0.25, 0.3) is 0 Å². The van der Waals surface area contributed by atoms with E-state index in [4.69, 9.17) is 0 Å². The highest BCUT2D eigenvalue weighted by molar-refractivity contribution is 9.46. The Balaban J connectivity index is 3.60. The third-order valence-corrected chi connectivity index (χ3v) is 1.68. The van der Waals surface area contributed by atoms with Gasteiger partial charge in [-0.05, 0) is 0 Å². The lowest BCUT2D eigenvalue weighted by Crippen LogP contribution is -1.91. The molecule has 0 saturated carbocycles. The first-order valence-electron chi connectivity index (χ1n) is 1.21. The third-order valence-electron chi connectivity index (χ3n) is 0.185. The summed E-state index contributed by atoms with van der Waals surface area (Å²) in [5.74, 6) is 0. The van der Waals surface area contributed by atoms with Crippen LogP contribution in [0.15, 0.2) is 0 Å². The lowest BCUT2D eigenvalue weighted by molar-refractivity contribution is 0.401. The van der Waals surface area contributed by atoms with Crippen molar-refractivity contribution >= 4 is 39.3 Å². The Hall–Kier alpha value is 0.870. The molecular formula is CH2Br2O3S. The average Bonchev–Trinajstić information content (AvgIpc) is 1.30. The predicted octanol–water partition coefficient (Wildman–Crippen LogP) is 0.995. The van der Waals surface area contributed by atoms with Crippen molar-refractivity contribution in [2.45, 2.75) is 0 Å². The second-order valence-corrected chi connectivity index (χ2v) is 4.48. The zero-order chi connectivity index (χ0) is 5.91. The Morgan fingerprint density at radius 2 is 2.00 bits per heavy atom.